The maximum atomic E-state index is 11.3. The van der Waals surface area contributed by atoms with Gasteiger partial charge < -0.3 is 10.0 Å². The minimum atomic E-state index is -0.957. The van der Waals surface area contributed by atoms with Gasteiger partial charge in [-0.25, -0.2) is 9.78 Å². The third kappa shape index (κ3) is 1.95. The summed E-state index contributed by atoms with van der Waals surface area (Å²) in [7, 11) is 1.86. The van der Waals surface area contributed by atoms with Crippen LogP contribution in [-0.4, -0.2) is 34.1 Å². The van der Waals surface area contributed by atoms with E-state index in [1.807, 2.05) is 24.9 Å². The summed E-state index contributed by atoms with van der Waals surface area (Å²) in [4.78, 5) is 17.6. The van der Waals surface area contributed by atoms with Gasteiger partial charge in [0, 0.05) is 19.8 Å². The van der Waals surface area contributed by atoms with Gasteiger partial charge in [0.05, 0.1) is 0 Å². The molecule has 0 amide bonds. The number of anilines is 1. The summed E-state index contributed by atoms with van der Waals surface area (Å²) >= 11 is 0. The van der Waals surface area contributed by atoms with E-state index in [9.17, 15) is 9.90 Å². The molecule has 0 radical (unpaired) electrons. The van der Waals surface area contributed by atoms with Crippen LogP contribution in [0.3, 0.4) is 0 Å². The minimum absolute atomic E-state index is 0.219. The smallest absolute Gasteiger partial charge is 0.356 e. The average molecular weight is 233 g/mol. The van der Waals surface area contributed by atoms with Crippen molar-refractivity contribution in [1.29, 1.82) is 0 Å². The molecule has 17 heavy (non-hydrogen) atoms. The van der Waals surface area contributed by atoms with E-state index >= 15 is 0 Å². The zero-order valence-electron chi connectivity index (χ0n) is 9.92. The monoisotopic (exact) mass is 233 g/mol. The molecule has 1 N–H and O–H groups in total. The molecule has 2 aromatic rings. The first kappa shape index (κ1) is 11.4. The maximum Gasteiger partial charge on any atom is 0.356 e. The van der Waals surface area contributed by atoms with Crippen molar-refractivity contribution in [1.82, 2.24) is 9.38 Å². The first-order valence-corrected chi connectivity index (χ1v) is 5.56. The van der Waals surface area contributed by atoms with Crippen molar-refractivity contribution in [3.05, 3.63) is 30.1 Å². The molecular formula is C12H15N3O2. The standard InChI is InChI=1S/C12H15N3O2/c1-3-7-14(2)11-10(12(16)17)15-8-5-4-6-9(15)13-11/h4-6,8H,3,7H2,1-2H3,(H,16,17). The summed E-state index contributed by atoms with van der Waals surface area (Å²) in [6.45, 7) is 2.83. The van der Waals surface area contributed by atoms with Gasteiger partial charge in [-0.3, -0.25) is 4.40 Å². The predicted molar refractivity (Wildman–Crippen MR) is 65.7 cm³/mol. The molecule has 2 heterocycles. The van der Waals surface area contributed by atoms with Gasteiger partial charge in [-0.15, -0.1) is 0 Å². The summed E-state index contributed by atoms with van der Waals surface area (Å²) in [6, 6.07) is 5.44. The number of carbonyl (C=O) groups is 1. The molecule has 0 spiro atoms. The number of hydrogen-bond acceptors (Lipinski definition) is 3. The van der Waals surface area contributed by atoms with Gasteiger partial charge in [-0.05, 0) is 18.6 Å². The molecule has 5 heteroatoms. The Morgan fingerprint density at radius 1 is 1.53 bits per heavy atom. The van der Waals surface area contributed by atoms with Crippen LogP contribution in [0.2, 0.25) is 0 Å². The molecule has 0 fully saturated rings. The van der Waals surface area contributed by atoms with Crippen molar-refractivity contribution >= 4 is 17.4 Å². The summed E-state index contributed by atoms with van der Waals surface area (Å²) in [5, 5.41) is 9.28. The molecule has 0 saturated heterocycles. The highest BCUT2D eigenvalue weighted by molar-refractivity contribution is 5.93. The van der Waals surface area contributed by atoms with Crippen molar-refractivity contribution in [3.8, 4) is 0 Å². The summed E-state index contributed by atoms with van der Waals surface area (Å²) < 4.78 is 1.60. The lowest BCUT2D eigenvalue weighted by atomic mass is 10.3. The van der Waals surface area contributed by atoms with Gasteiger partial charge in [0.25, 0.3) is 0 Å². The molecule has 0 bridgehead atoms. The molecule has 0 unspecified atom stereocenters. The normalized spacial score (nSPS) is 10.7. The first-order valence-electron chi connectivity index (χ1n) is 5.56. The third-order valence-electron chi connectivity index (χ3n) is 2.63. The lowest BCUT2D eigenvalue weighted by Gasteiger charge is -2.15. The Morgan fingerprint density at radius 2 is 2.29 bits per heavy atom. The molecule has 5 nitrogen and oxygen atoms in total. The number of hydrogen-bond donors (Lipinski definition) is 1. The zero-order valence-corrected chi connectivity index (χ0v) is 9.92. The summed E-state index contributed by atoms with van der Waals surface area (Å²) in [6.07, 6.45) is 2.67. The largest absolute Gasteiger partial charge is 0.476 e. The Kier molecular flexibility index (Phi) is 2.99. The summed E-state index contributed by atoms with van der Waals surface area (Å²) in [5.74, 6) is -0.438. The van der Waals surface area contributed by atoms with Crippen LogP contribution in [0.5, 0.6) is 0 Å². The number of aromatic carboxylic acids is 1. The van der Waals surface area contributed by atoms with Crippen LogP contribution in [0.25, 0.3) is 5.65 Å². The second-order valence-corrected chi connectivity index (χ2v) is 3.94. The number of imidazole rings is 1. The van der Waals surface area contributed by atoms with Gasteiger partial charge in [0.2, 0.25) is 0 Å². The number of fused-ring (bicyclic) bond motifs is 1. The van der Waals surface area contributed by atoms with Crippen molar-refractivity contribution in [2.75, 3.05) is 18.5 Å². The van der Waals surface area contributed by atoms with Crippen molar-refractivity contribution in [2.45, 2.75) is 13.3 Å². The molecule has 0 aromatic carbocycles. The fourth-order valence-corrected chi connectivity index (χ4v) is 1.89. The van der Waals surface area contributed by atoms with E-state index in [1.165, 1.54) is 0 Å². The highest BCUT2D eigenvalue weighted by atomic mass is 16.4. The topological polar surface area (TPSA) is 57.8 Å². The molecule has 0 atom stereocenters. The lowest BCUT2D eigenvalue weighted by Crippen LogP contribution is -2.21. The third-order valence-corrected chi connectivity index (χ3v) is 2.63. The minimum Gasteiger partial charge on any atom is -0.476 e. The second kappa shape index (κ2) is 4.45. The van der Waals surface area contributed by atoms with Crippen LogP contribution >= 0.6 is 0 Å². The van der Waals surface area contributed by atoms with Crippen LogP contribution < -0.4 is 4.90 Å². The first-order chi connectivity index (χ1) is 8.15. The Labute approximate surface area is 99.3 Å². The van der Waals surface area contributed by atoms with Gasteiger partial charge in [0.15, 0.2) is 11.5 Å². The van der Waals surface area contributed by atoms with E-state index in [0.717, 1.165) is 13.0 Å². The molecule has 0 aliphatic rings. The zero-order chi connectivity index (χ0) is 12.4. The van der Waals surface area contributed by atoms with Gasteiger partial charge in [0.1, 0.15) is 5.65 Å². The average Bonchev–Trinajstić information content (AvgIpc) is 2.68. The van der Waals surface area contributed by atoms with Crippen LogP contribution in [0.15, 0.2) is 24.4 Å². The van der Waals surface area contributed by atoms with Crippen molar-refractivity contribution in [2.24, 2.45) is 0 Å². The number of aromatic nitrogens is 2. The van der Waals surface area contributed by atoms with Gasteiger partial charge >= 0.3 is 5.97 Å². The number of carboxylic acid groups (broad SMARTS) is 1. The van der Waals surface area contributed by atoms with Crippen LogP contribution in [0.4, 0.5) is 5.82 Å². The molecule has 0 saturated carbocycles. The molecule has 90 valence electrons. The molecular weight excluding hydrogens is 218 g/mol. The van der Waals surface area contributed by atoms with Crippen molar-refractivity contribution in [3.63, 3.8) is 0 Å². The highest BCUT2D eigenvalue weighted by Crippen LogP contribution is 2.20. The molecule has 0 aliphatic carbocycles. The fraction of sp³-hybridized carbons (Fsp3) is 0.333. The Hall–Kier alpha value is -2.04. The van der Waals surface area contributed by atoms with E-state index in [2.05, 4.69) is 4.98 Å². The predicted octanol–water partition coefficient (Wildman–Crippen LogP) is 1.88. The lowest BCUT2D eigenvalue weighted by molar-refractivity contribution is 0.0690. The summed E-state index contributed by atoms with van der Waals surface area (Å²) in [5.41, 5.74) is 0.874. The van der Waals surface area contributed by atoms with Crippen LogP contribution in [0, 0.1) is 0 Å². The Morgan fingerprint density at radius 3 is 2.94 bits per heavy atom. The van der Waals surface area contributed by atoms with E-state index in [-0.39, 0.29) is 5.69 Å². The fourth-order valence-electron chi connectivity index (χ4n) is 1.89. The maximum absolute atomic E-state index is 11.3. The Bertz CT molecular complexity index is 548. The molecule has 2 aromatic heterocycles. The number of nitrogens with zero attached hydrogens (tertiary/aromatic N) is 3. The van der Waals surface area contributed by atoms with E-state index < -0.39 is 5.97 Å². The number of carboxylic acids is 1. The highest BCUT2D eigenvalue weighted by Gasteiger charge is 2.20. The van der Waals surface area contributed by atoms with Crippen LogP contribution in [0.1, 0.15) is 23.8 Å². The second-order valence-electron chi connectivity index (χ2n) is 3.94. The van der Waals surface area contributed by atoms with E-state index in [4.69, 9.17) is 0 Å². The quantitative estimate of drug-likeness (QED) is 0.876. The number of rotatable bonds is 4. The van der Waals surface area contributed by atoms with E-state index in [1.54, 1.807) is 22.7 Å². The Balaban J connectivity index is 2.61. The van der Waals surface area contributed by atoms with Crippen molar-refractivity contribution < 1.29 is 9.90 Å². The molecule has 0 aliphatic heterocycles. The van der Waals surface area contributed by atoms with Gasteiger partial charge in [-0.1, -0.05) is 13.0 Å². The van der Waals surface area contributed by atoms with Gasteiger partial charge in [-0.2, -0.15) is 0 Å². The van der Waals surface area contributed by atoms with Crippen LogP contribution in [-0.2, 0) is 0 Å². The number of pyridine rings is 1. The molecule has 2 rings (SSSR count). The van der Waals surface area contributed by atoms with E-state index in [0.29, 0.717) is 11.5 Å². The SMILES string of the molecule is CCCN(C)c1nc2ccccn2c1C(=O)O.